The number of nitrogens with zero attached hydrogens (tertiary/aromatic N) is 2. The van der Waals surface area contributed by atoms with Gasteiger partial charge in [-0.25, -0.2) is 4.98 Å². The van der Waals surface area contributed by atoms with Crippen LogP contribution in [0.25, 0.3) is 16.6 Å². The van der Waals surface area contributed by atoms with Crippen LogP contribution in [-0.2, 0) is 11.2 Å². The summed E-state index contributed by atoms with van der Waals surface area (Å²) in [6.45, 7) is 3.83. The van der Waals surface area contributed by atoms with E-state index in [0.29, 0.717) is 32.5 Å². The predicted molar refractivity (Wildman–Crippen MR) is 137 cm³/mol. The smallest absolute Gasteiger partial charge is 0.266 e. The first-order valence-electron chi connectivity index (χ1n) is 10.4. The van der Waals surface area contributed by atoms with E-state index in [-0.39, 0.29) is 16.5 Å². The minimum absolute atomic E-state index is 0.183. The van der Waals surface area contributed by atoms with Crippen LogP contribution in [0.2, 0.25) is 10.0 Å². The van der Waals surface area contributed by atoms with Gasteiger partial charge in [0.2, 0.25) is 5.91 Å². The summed E-state index contributed by atoms with van der Waals surface area (Å²) in [6.07, 6.45) is 0.899. The molecule has 4 rings (SSSR count). The minimum Gasteiger partial charge on any atom is -0.324 e. The fourth-order valence-corrected chi connectivity index (χ4v) is 4.62. The van der Waals surface area contributed by atoms with Gasteiger partial charge in [0, 0.05) is 0 Å². The maximum atomic E-state index is 13.4. The molecular weight excluding hydrogens is 477 g/mol. The number of nitrogens with one attached hydrogen (secondary N) is 1. The number of rotatable bonds is 6. The number of hydrogen-bond donors (Lipinski definition) is 1. The fourth-order valence-electron chi connectivity index (χ4n) is 3.35. The SMILES string of the molecule is CCc1ccc(-n2c(SC(C)C(=O)Nc3cccc(Cl)c3Cl)nc3ccccc3c2=O)cc1. The molecule has 0 aliphatic heterocycles. The van der Waals surface area contributed by atoms with Crippen molar-refractivity contribution in [3.8, 4) is 5.69 Å². The second-order valence-corrected chi connectivity index (χ2v) is 9.52. The fraction of sp³-hybridized carbons (Fsp3) is 0.160. The highest BCUT2D eigenvalue weighted by Gasteiger charge is 2.21. The predicted octanol–water partition coefficient (Wildman–Crippen LogP) is 6.37. The Labute approximate surface area is 205 Å². The van der Waals surface area contributed by atoms with Crippen LogP contribution in [-0.4, -0.2) is 20.7 Å². The van der Waals surface area contributed by atoms with Crippen molar-refractivity contribution < 1.29 is 4.79 Å². The van der Waals surface area contributed by atoms with Gasteiger partial charge in [-0.1, -0.05) is 72.2 Å². The number of carbonyl (C=O) groups is 1. The quantitative estimate of drug-likeness (QED) is 0.248. The molecule has 0 saturated carbocycles. The maximum absolute atomic E-state index is 13.4. The largest absolute Gasteiger partial charge is 0.324 e. The molecule has 168 valence electrons. The zero-order chi connectivity index (χ0) is 23.5. The van der Waals surface area contributed by atoms with Crippen molar-refractivity contribution >= 4 is 57.5 Å². The molecule has 0 saturated heterocycles. The van der Waals surface area contributed by atoms with Crippen LogP contribution in [0.1, 0.15) is 19.4 Å². The van der Waals surface area contributed by atoms with Gasteiger partial charge in [0.1, 0.15) is 0 Å². The van der Waals surface area contributed by atoms with E-state index in [1.807, 2.05) is 36.4 Å². The van der Waals surface area contributed by atoms with Gasteiger partial charge in [-0.2, -0.15) is 0 Å². The number of amides is 1. The number of thioether (sulfide) groups is 1. The molecule has 0 bridgehead atoms. The van der Waals surface area contributed by atoms with Crippen LogP contribution in [0.4, 0.5) is 5.69 Å². The molecule has 8 heteroatoms. The molecule has 0 aliphatic carbocycles. The Morgan fingerprint density at radius 1 is 1.06 bits per heavy atom. The molecule has 0 radical (unpaired) electrons. The van der Waals surface area contributed by atoms with E-state index >= 15 is 0 Å². The van der Waals surface area contributed by atoms with Gasteiger partial charge >= 0.3 is 0 Å². The zero-order valence-electron chi connectivity index (χ0n) is 18.0. The molecule has 3 aromatic carbocycles. The zero-order valence-corrected chi connectivity index (χ0v) is 20.3. The Morgan fingerprint density at radius 3 is 2.52 bits per heavy atom. The number of aromatic nitrogens is 2. The standard InChI is InChI=1S/C25H21Cl2N3O2S/c1-3-16-11-13-17(14-12-16)30-24(32)18-7-4-5-9-20(18)29-25(30)33-15(2)23(31)28-21-10-6-8-19(26)22(21)27/h4-15H,3H2,1-2H3,(H,28,31). The highest BCUT2D eigenvalue weighted by Crippen LogP contribution is 2.31. The first-order chi connectivity index (χ1) is 15.9. The number of anilines is 1. The summed E-state index contributed by atoms with van der Waals surface area (Å²) < 4.78 is 1.56. The lowest BCUT2D eigenvalue weighted by molar-refractivity contribution is -0.115. The lowest BCUT2D eigenvalue weighted by Crippen LogP contribution is -2.26. The molecule has 0 fully saturated rings. The van der Waals surface area contributed by atoms with Crippen molar-refractivity contribution in [3.05, 3.63) is 92.7 Å². The van der Waals surface area contributed by atoms with E-state index in [4.69, 9.17) is 28.2 Å². The van der Waals surface area contributed by atoms with Crippen LogP contribution in [0.15, 0.2) is 76.7 Å². The Balaban J connectivity index is 1.72. The molecule has 4 aromatic rings. The van der Waals surface area contributed by atoms with E-state index in [1.54, 1.807) is 41.8 Å². The van der Waals surface area contributed by atoms with E-state index in [9.17, 15) is 9.59 Å². The van der Waals surface area contributed by atoms with Crippen molar-refractivity contribution in [2.45, 2.75) is 30.7 Å². The molecule has 1 unspecified atom stereocenters. The van der Waals surface area contributed by atoms with Crippen LogP contribution < -0.4 is 10.9 Å². The van der Waals surface area contributed by atoms with Gasteiger partial charge in [-0.15, -0.1) is 0 Å². The van der Waals surface area contributed by atoms with Crippen LogP contribution in [0, 0.1) is 0 Å². The van der Waals surface area contributed by atoms with Crippen LogP contribution in [0.3, 0.4) is 0 Å². The summed E-state index contributed by atoms with van der Waals surface area (Å²) in [5, 5.41) is 3.83. The Morgan fingerprint density at radius 2 is 1.79 bits per heavy atom. The van der Waals surface area contributed by atoms with E-state index < -0.39 is 5.25 Å². The lowest BCUT2D eigenvalue weighted by atomic mass is 10.1. The molecular formula is C25H21Cl2N3O2S. The topological polar surface area (TPSA) is 64.0 Å². The number of halogens is 2. The van der Waals surface area contributed by atoms with Crippen molar-refractivity contribution in [2.75, 3.05) is 5.32 Å². The molecule has 1 heterocycles. The van der Waals surface area contributed by atoms with Gasteiger partial charge in [0.05, 0.1) is 37.6 Å². The summed E-state index contributed by atoms with van der Waals surface area (Å²) in [5.41, 5.74) is 2.69. The summed E-state index contributed by atoms with van der Waals surface area (Å²) in [6, 6.07) is 20.0. The van der Waals surface area contributed by atoms with Gasteiger partial charge in [0.15, 0.2) is 5.16 Å². The first-order valence-corrected chi connectivity index (χ1v) is 12.0. The molecule has 33 heavy (non-hydrogen) atoms. The number of para-hydroxylation sites is 1. The lowest BCUT2D eigenvalue weighted by Gasteiger charge is -2.17. The molecule has 0 aliphatic rings. The van der Waals surface area contributed by atoms with Crippen LogP contribution in [0.5, 0.6) is 0 Å². The summed E-state index contributed by atoms with van der Waals surface area (Å²) >= 11 is 13.5. The number of fused-ring (bicyclic) bond motifs is 1. The summed E-state index contributed by atoms with van der Waals surface area (Å²) in [4.78, 5) is 31.0. The second kappa shape index (κ2) is 10.00. The normalized spacial score (nSPS) is 12.0. The molecule has 1 atom stereocenters. The Hall–Kier alpha value is -2.80. The molecule has 0 spiro atoms. The summed E-state index contributed by atoms with van der Waals surface area (Å²) in [7, 11) is 0. The van der Waals surface area contributed by atoms with Crippen molar-refractivity contribution in [3.63, 3.8) is 0 Å². The molecule has 1 N–H and O–H groups in total. The highest BCUT2D eigenvalue weighted by molar-refractivity contribution is 8.00. The molecule has 1 aromatic heterocycles. The maximum Gasteiger partial charge on any atom is 0.266 e. The van der Waals surface area contributed by atoms with Crippen molar-refractivity contribution in [2.24, 2.45) is 0 Å². The molecule has 1 amide bonds. The van der Waals surface area contributed by atoms with Crippen molar-refractivity contribution in [1.29, 1.82) is 0 Å². The third kappa shape index (κ3) is 4.93. The number of hydrogen-bond acceptors (Lipinski definition) is 4. The molecule has 5 nitrogen and oxygen atoms in total. The van der Waals surface area contributed by atoms with E-state index in [2.05, 4.69) is 12.2 Å². The van der Waals surface area contributed by atoms with Gasteiger partial charge in [-0.3, -0.25) is 14.2 Å². The highest BCUT2D eigenvalue weighted by atomic mass is 35.5. The third-order valence-electron chi connectivity index (χ3n) is 5.21. The minimum atomic E-state index is -0.561. The van der Waals surface area contributed by atoms with Gasteiger partial charge < -0.3 is 5.32 Å². The average molecular weight is 498 g/mol. The Kier molecular flexibility index (Phi) is 7.08. The number of carbonyl (C=O) groups excluding carboxylic acids is 1. The average Bonchev–Trinajstić information content (AvgIpc) is 2.82. The monoisotopic (exact) mass is 497 g/mol. The first kappa shape index (κ1) is 23.4. The Bertz CT molecular complexity index is 1390. The number of aryl methyl sites for hydroxylation is 1. The van der Waals surface area contributed by atoms with E-state index in [1.165, 1.54) is 17.3 Å². The summed E-state index contributed by atoms with van der Waals surface area (Å²) in [5.74, 6) is -0.278. The van der Waals surface area contributed by atoms with Gasteiger partial charge in [-0.05, 0) is 55.3 Å². The van der Waals surface area contributed by atoms with Crippen molar-refractivity contribution in [1.82, 2.24) is 9.55 Å². The van der Waals surface area contributed by atoms with E-state index in [0.717, 1.165) is 6.42 Å². The third-order valence-corrected chi connectivity index (χ3v) is 7.08. The van der Waals surface area contributed by atoms with Gasteiger partial charge in [0.25, 0.3) is 5.56 Å². The van der Waals surface area contributed by atoms with Crippen LogP contribution >= 0.6 is 35.0 Å². The second-order valence-electron chi connectivity index (χ2n) is 7.42. The number of benzene rings is 3.